The minimum absolute atomic E-state index is 0.0707. The van der Waals surface area contributed by atoms with Crippen LogP contribution in [0.5, 0.6) is 0 Å². The van der Waals surface area contributed by atoms with Gasteiger partial charge in [0.2, 0.25) is 15.9 Å². The van der Waals surface area contributed by atoms with Crippen LogP contribution in [0.2, 0.25) is 0 Å². The summed E-state index contributed by atoms with van der Waals surface area (Å²) >= 11 is 0. The van der Waals surface area contributed by atoms with Crippen LogP contribution in [0.25, 0.3) is 0 Å². The number of ether oxygens (including phenoxy) is 1. The first-order valence-electron chi connectivity index (χ1n) is 12.6. The Labute approximate surface area is 221 Å². The number of oxazole rings is 1. The van der Waals surface area contributed by atoms with Crippen molar-refractivity contribution in [3.63, 3.8) is 0 Å². The summed E-state index contributed by atoms with van der Waals surface area (Å²) in [6.07, 6.45) is 10.3. The van der Waals surface area contributed by atoms with Crippen molar-refractivity contribution in [3.05, 3.63) is 89.1 Å². The molecule has 7 nitrogen and oxygen atoms in total. The second-order valence-electron chi connectivity index (χ2n) is 9.65. The zero-order valence-electron chi connectivity index (χ0n) is 20.8. The van der Waals surface area contributed by atoms with Gasteiger partial charge in [-0.1, -0.05) is 36.3 Å². The van der Waals surface area contributed by atoms with E-state index in [9.17, 15) is 8.42 Å². The molecule has 2 fully saturated rings. The van der Waals surface area contributed by atoms with E-state index in [1.165, 1.54) is 12.5 Å². The number of hydrogen-bond donors (Lipinski definition) is 1. The van der Waals surface area contributed by atoms with Crippen LogP contribution in [0.4, 0.5) is 8.78 Å². The lowest BCUT2D eigenvalue weighted by atomic mass is 9.81. The van der Waals surface area contributed by atoms with Gasteiger partial charge in [-0.25, -0.2) is 22.2 Å². The molecule has 10 heteroatoms. The third-order valence-corrected chi connectivity index (χ3v) is 9.75. The van der Waals surface area contributed by atoms with Gasteiger partial charge in [0.1, 0.15) is 23.1 Å². The number of nitrogens with one attached hydrogen (secondary N) is 1. The summed E-state index contributed by atoms with van der Waals surface area (Å²) < 4.78 is 70.5. The minimum Gasteiger partial charge on any atom is -0.448 e. The number of rotatable bonds is 7. The van der Waals surface area contributed by atoms with E-state index < -0.39 is 38.5 Å². The Balaban J connectivity index is 1.45. The molecule has 200 valence electrons. The lowest BCUT2D eigenvalue weighted by Gasteiger charge is -2.39. The van der Waals surface area contributed by atoms with E-state index in [2.05, 4.69) is 16.2 Å². The van der Waals surface area contributed by atoms with Gasteiger partial charge in [-0.2, -0.15) is 4.31 Å². The molecule has 2 atom stereocenters. The topological polar surface area (TPSA) is 84.7 Å². The predicted molar refractivity (Wildman–Crippen MR) is 137 cm³/mol. The highest BCUT2D eigenvalue weighted by molar-refractivity contribution is 7.89. The minimum atomic E-state index is -3.93. The van der Waals surface area contributed by atoms with Gasteiger partial charge in [0.05, 0.1) is 24.3 Å². The van der Waals surface area contributed by atoms with Crippen molar-refractivity contribution in [2.45, 2.75) is 55.6 Å². The van der Waals surface area contributed by atoms with E-state index >= 15 is 8.78 Å². The van der Waals surface area contributed by atoms with Gasteiger partial charge in [0, 0.05) is 30.9 Å². The molecular weight excluding hydrogens is 512 g/mol. The lowest BCUT2D eigenvalue weighted by molar-refractivity contribution is 0.0332. The number of aromatic nitrogens is 1. The average Bonchev–Trinajstić information content (AvgIpc) is 3.45. The van der Waals surface area contributed by atoms with Crippen LogP contribution in [0.15, 0.2) is 59.3 Å². The molecule has 2 aliphatic rings. The summed E-state index contributed by atoms with van der Waals surface area (Å²) in [5, 5.41) is 2.50. The van der Waals surface area contributed by atoms with Crippen molar-refractivity contribution in [1.82, 2.24) is 14.6 Å². The van der Waals surface area contributed by atoms with E-state index in [0.29, 0.717) is 50.4 Å². The number of terminal acetylenes is 1. The first-order chi connectivity index (χ1) is 18.3. The van der Waals surface area contributed by atoms with Gasteiger partial charge in [-0.05, 0) is 43.4 Å². The maximum absolute atomic E-state index is 15.7. The maximum atomic E-state index is 15.7. The van der Waals surface area contributed by atoms with Crippen LogP contribution in [-0.2, 0) is 33.4 Å². The smallest absolute Gasteiger partial charge is 0.222 e. The highest BCUT2D eigenvalue weighted by Crippen LogP contribution is 2.39. The number of hydrogen-bond acceptors (Lipinski definition) is 6. The van der Waals surface area contributed by atoms with E-state index in [0.717, 1.165) is 16.4 Å². The molecule has 0 unspecified atom stereocenters. The van der Waals surface area contributed by atoms with Gasteiger partial charge >= 0.3 is 0 Å². The van der Waals surface area contributed by atoms with Gasteiger partial charge < -0.3 is 9.15 Å². The standard InChI is InChI=1S/C28H29F2N3O4S/c1-2-22-8-9-26(20-6-4-3-5-7-20)38(34,35)33(22)19-21-16-25(30)23(17-24(21)29)28(10-13-36-14-11-28)32-18-27-31-12-15-37-27/h1,3-7,12,15-17,22,26,32H,8-11,13-14,18-19H2/t22-,26+/m0/s1. The van der Waals surface area contributed by atoms with Crippen LogP contribution >= 0.6 is 0 Å². The molecule has 0 aliphatic carbocycles. The second-order valence-corrected chi connectivity index (χ2v) is 11.7. The van der Waals surface area contributed by atoms with E-state index in [1.807, 2.05) is 6.07 Å². The lowest BCUT2D eigenvalue weighted by Crippen LogP contribution is -2.47. The number of benzene rings is 2. The summed E-state index contributed by atoms with van der Waals surface area (Å²) in [6, 6.07) is 10.4. The van der Waals surface area contributed by atoms with Gasteiger partial charge in [-0.15, -0.1) is 6.42 Å². The summed E-state index contributed by atoms with van der Waals surface area (Å²) in [5.41, 5.74) is -0.161. The zero-order chi connectivity index (χ0) is 26.8. The zero-order valence-corrected chi connectivity index (χ0v) is 21.6. The van der Waals surface area contributed by atoms with Crippen molar-refractivity contribution in [1.29, 1.82) is 0 Å². The fraction of sp³-hybridized carbons (Fsp3) is 0.393. The monoisotopic (exact) mass is 541 g/mol. The molecule has 0 saturated carbocycles. The normalized spacial score (nSPS) is 23.1. The predicted octanol–water partition coefficient (Wildman–Crippen LogP) is 4.42. The first-order valence-corrected chi connectivity index (χ1v) is 14.1. The van der Waals surface area contributed by atoms with Crippen molar-refractivity contribution in [3.8, 4) is 12.3 Å². The van der Waals surface area contributed by atoms with Gasteiger partial charge in [0.25, 0.3) is 0 Å². The Morgan fingerprint density at radius 1 is 1.13 bits per heavy atom. The molecule has 38 heavy (non-hydrogen) atoms. The fourth-order valence-electron chi connectivity index (χ4n) is 5.41. The summed E-state index contributed by atoms with van der Waals surface area (Å²) in [7, 11) is -3.93. The molecule has 2 saturated heterocycles. The molecule has 1 N–H and O–H groups in total. The van der Waals surface area contributed by atoms with Crippen LogP contribution in [0, 0.1) is 24.0 Å². The third-order valence-electron chi connectivity index (χ3n) is 7.49. The quantitative estimate of drug-likeness (QED) is 0.446. The van der Waals surface area contributed by atoms with Gasteiger partial charge in [-0.3, -0.25) is 5.32 Å². The molecule has 3 aromatic rings. The molecule has 0 radical (unpaired) electrons. The molecule has 1 aromatic heterocycles. The first kappa shape index (κ1) is 26.5. The Hall–Kier alpha value is -3.10. The van der Waals surface area contributed by atoms with Crippen LogP contribution in [0.3, 0.4) is 0 Å². The Morgan fingerprint density at radius 2 is 1.89 bits per heavy atom. The number of sulfonamides is 1. The fourth-order valence-corrected chi connectivity index (χ4v) is 7.51. The molecular formula is C28H29F2N3O4S. The molecule has 5 rings (SSSR count). The van der Waals surface area contributed by atoms with Crippen LogP contribution in [-0.4, -0.2) is 37.0 Å². The van der Waals surface area contributed by atoms with Crippen molar-refractivity contribution < 1.29 is 26.4 Å². The highest BCUT2D eigenvalue weighted by atomic mass is 32.2. The number of halogens is 2. The average molecular weight is 542 g/mol. The largest absolute Gasteiger partial charge is 0.448 e. The Bertz CT molecular complexity index is 1400. The Morgan fingerprint density at radius 3 is 2.58 bits per heavy atom. The van der Waals surface area contributed by atoms with Crippen molar-refractivity contribution in [2.24, 2.45) is 0 Å². The van der Waals surface area contributed by atoms with E-state index in [1.54, 1.807) is 24.3 Å². The van der Waals surface area contributed by atoms with Crippen molar-refractivity contribution >= 4 is 10.0 Å². The van der Waals surface area contributed by atoms with E-state index in [-0.39, 0.29) is 24.2 Å². The molecule has 3 heterocycles. The van der Waals surface area contributed by atoms with Gasteiger partial charge in [0.15, 0.2) is 0 Å². The third kappa shape index (κ3) is 5.12. The summed E-state index contributed by atoms with van der Waals surface area (Å²) in [4.78, 5) is 4.09. The SMILES string of the molecule is C#C[C@H]1CC[C@H](c2ccccc2)S(=O)(=O)N1Cc1cc(F)c(C2(NCc3ncco3)CCOCC2)cc1F. The number of nitrogens with zero attached hydrogens (tertiary/aromatic N) is 2. The maximum Gasteiger partial charge on any atom is 0.222 e. The van der Waals surface area contributed by atoms with Crippen LogP contribution in [0.1, 0.15) is 53.5 Å². The molecule has 2 aromatic carbocycles. The molecule has 0 bridgehead atoms. The highest BCUT2D eigenvalue weighted by Gasteiger charge is 2.42. The van der Waals surface area contributed by atoms with Crippen molar-refractivity contribution in [2.75, 3.05) is 13.2 Å². The molecule has 0 amide bonds. The summed E-state index contributed by atoms with van der Waals surface area (Å²) in [6.45, 7) is 0.617. The van der Waals surface area contributed by atoms with Crippen LogP contribution < -0.4 is 5.32 Å². The summed E-state index contributed by atoms with van der Waals surface area (Å²) in [5.74, 6) is 1.63. The Kier molecular flexibility index (Phi) is 7.63. The molecule has 2 aliphatic heterocycles. The van der Waals surface area contributed by atoms with E-state index in [4.69, 9.17) is 15.6 Å². The second kappa shape index (κ2) is 10.9. The molecule has 0 spiro atoms.